The molecule has 1 heterocycles. The number of imidazole rings is 1. The highest BCUT2D eigenvalue weighted by Crippen LogP contribution is 2.19. The summed E-state index contributed by atoms with van der Waals surface area (Å²) in [7, 11) is 4.10. The van der Waals surface area contributed by atoms with Gasteiger partial charge in [0, 0.05) is 26.3 Å². The Morgan fingerprint density at radius 2 is 2.06 bits per heavy atom. The second-order valence-electron chi connectivity index (χ2n) is 4.58. The molecular weight excluding hydrogens is 224 g/mol. The van der Waals surface area contributed by atoms with E-state index in [1.807, 2.05) is 30.2 Å². The fourth-order valence-corrected chi connectivity index (χ4v) is 2.20. The Bertz CT molecular complexity index is 478. The average Bonchev–Trinajstić information content (AvgIpc) is 2.78. The molecule has 0 amide bonds. The van der Waals surface area contributed by atoms with Crippen LogP contribution in [0.2, 0.25) is 0 Å². The maximum atomic E-state index is 5.90. The number of nitrogens with two attached hydrogens (primary N) is 1. The number of aromatic nitrogens is 2. The minimum absolute atomic E-state index is 0.192. The van der Waals surface area contributed by atoms with E-state index in [0.717, 1.165) is 12.2 Å². The van der Waals surface area contributed by atoms with E-state index in [1.54, 1.807) is 0 Å². The van der Waals surface area contributed by atoms with Gasteiger partial charge in [-0.1, -0.05) is 30.3 Å². The quantitative estimate of drug-likeness (QED) is 0.868. The van der Waals surface area contributed by atoms with Crippen molar-refractivity contribution in [1.29, 1.82) is 0 Å². The zero-order valence-corrected chi connectivity index (χ0v) is 11.0. The number of benzene rings is 1. The Labute approximate surface area is 108 Å². The van der Waals surface area contributed by atoms with Gasteiger partial charge in [0.1, 0.15) is 0 Å². The second kappa shape index (κ2) is 5.80. The Kier molecular flexibility index (Phi) is 4.12. The van der Waals surface area contributed by atoms with Crippen LogP contribution in [0.3, 0.4) is 0 Å². The molecule has 1 aromatic heterocycles. The lowest BCUT2D eigenvalue weighted by molar-refractivity contribution is 0.234. The van der Waals surface area contributed by atoms with Gasteiger partial charge in [0.2, 0.25) is 0 Å². The smallest absolute Gasteiger partial charge is 0.0946 e. The van der Waals surface area contributed by atoms with Gasteiger partial charge in [-0.2, -0.15) is 0 Å². The molecule has 1 unspecified atom stereocenters. The maximum Gasteiger partial charge on any atom is 0.0946 e. The fourth-order valence-electron chi connectivity index (χ4n) is 2.20. The molecule has 0 bridgehead atoms. The SMILES string of the molecule is CN(Cc1ccccc1)C(CN)c1cncn1C. The third kappa shape index (κ3) is 2.78. The van der Waals surface area contributed by atoms with Gasteiger partial charge in [-0.25, -0.2) is 4.98 Å². The zero-order valence-electron chi connectivity index (χ0n) is 11.0. The highest BCUT2D eigenvalue weighted by atomic mass is 15.2. The van der Waals surface area contributed by atoms with Gasteiger partial charge in [0.05, 0.1) is 18.1 Å². The van der Waals surface area contributed by atoms with Crippen molar-refractivity contribution in [1.82, 2.24) is 14.5 Å². The molecule has 0 aliphatic heterocycles. The van der Waals surface area contributed by atoms with E-state index in [0.29, 0.717) is 6.54 Å². The van der Waals surface area contributed by atoms with Gasteiger partial charge in [0.15, 0.2) is 0 Å². The van der Waals surface area contributed by atoms with E-state index < -0.39 is 0 Å². The lowest BCUT2D eigenvalue weighted by Crippen LogP contribution is -2.31. The first-order valence-electron chi connectivity index (χ1n) is 6.13. The number of nitrogens with zero attached hydrogens (tertiary/aromatic N) is 3. The van der Waals surface area contributed by atoms with E-state index in [1.165, 1.54) is 5.56 Å². The first kappa shape index (κ1) is 12.8. The van der Waals surface area contributed by atoms with E-state index in [4.69, 9.17) is 5.73 Å². The molecule has 18 heavy (non-hydrogen) atoms. The van der Waals surface area contributed by atoms with Gasteiger partial charge in [-0.15, -0.1) is 0 Å². The van der Waals surface area contributed by atoms with Gasteiger partial charge < -0.3 is 10.3 Å². The van der Waals surface area contributed by atoms with Crippen molar-refractivity contribution < 1.29 is 0 Å². The summed E-state index contributed by atoms with van der Waals surface area (Å²) in [5.41, 5.74) is 8.35. The highest BCUT2D eigenvalue weighted by molar-refractivity contribution is 5.15. The molecule has 0 spiro atoms. The van der Waals surface area contributed by atoms with Crippen LogP contribution in [0.5, 0.6) is 0 Å². The molecule has 4 nitrogen and oxygen atoms in total. The number of rotatable bonds is 5. The van der Waals surface area contributed by atoms with E-state index in [2.05, 4.69) is 41.2 Å². The number of aryl methyl sites for hydroxylation is 1. The molecular formula is C14H20N4. The van der Waals surface area contributed by atoms with Crippen LogP contribution >= 0.6 is 0 Å². The van der Waals surface area contributed by atoms with E-state index in [9.17, 15) is 0 Å². The van der Waals surface area contributed by atoms with Crippen molar-refractivity contribution >= 4 is 0 Å². The van der Waals surface area contributed by atoms with Gasteiger partial charge in [-0.3, -0.25) is 4.90 Å². The lowest BCUT2D eigenvalue weighted by atomic mass is 10.1. The van der Waals surface area contributed by atoms with Crippen molar-refractivity contribution in [2.45, 2.75) is 12.6 Å². The monoisotopic (exact) mass is 244 g/mol. The lowest BCUT2D eigenvalue weighted by Gasteiger charge is -2.27. The molecule has 2 N–H and O–H groups in total. The summed E-state index contributed by atoms with van der Waals surface area (Å²) in [5.74, 6) is 0. The normalized spacial score (nSPS) is 12.9. The first-order chi connectivity index (χ1) is 8.72. The molecule has 0 fully saturated rings. The van der Waals surface area contributed by atoms with Crippen molar-refractivity contribution in [3.63, 3.8) is 0 Å². The predicted molar refractivity (Wildman–Crippen MR) is 72.9 cm³/mol. The van der Waals surface area contributed by atoms with Crippen LogP contribution < -0.4 is 5.73 Å². The fraction of sp³-hybridized carbons (Fsp3) is 0.357. The van der Waals surface area contributed by atoms with E-state index in [-0.39, 0.29) is 6.04 Å². The summed E-state index contributed by atoms with van der Waals surface area (Å²) < 4.78 is 2.03. The summed E-state index contributed by atoms with van der Waals surface area (Å²) in [6.45, 7) is 1.47. The zero-order chi connectivity index (χ0) is 13.0. The van der Waals surface area contributed by atoms with Crippen LogP contribution in [0.4, 0.5) is 0 Å². The molecule has 2 rings (SSSR count). The molecule has 4 heteroatoms. The summed E-state index contributed by atoms with van der Waals surface area (Å²) >= 11 is 0. The molecule has 0 saturated carbocycles. The second-order valence-corrected chi connectivity index (χ2v) is 4.58. The number of hydrogen-bond donors (Lipinski definition) is 1. The minimum atomic E-state index is 0.192. The van der Waals surface area contributed by atoms with Gasteiger partial charge in [0.25, 0.3) is 0 Å². The third-order valence-electron chi connectivity index (χ3n) is 3.23. The Morgan fingerprint density at radius 1 is 1.33 bits per heavy atom. The molecule has 0 radical (unpaired) electrons. The van der Waals surface area contributed by atoms with Crippen LogP contribution in [0.25, 0.3) is 0 Å². The molecule has 1 aromatic carbocycles. The molecule has 0 saturated heterocycles. The molecule has 2 aromatic rings. The van der Waals surface area contributed by atoms with Crippen LogP contribution in [-0.2, 0) is 13.6 Å². The Morgan fingerprint density at radius 3 is 2.61 bits per heavy atom. The van der Waals surface area contributed by atoms with Crippen molar-refractivity contribution in [3.8, 4) is 0 Å². The predicted octanol–water partition coefficient (Wildman–Crippen LogP) is 1.55. The van der Waals surface area contributed by atoms with Crippen molar-refractivity contribution in [3.05, 3.63) is 54.1 Å². The summed E-state index contributed by atoms with van der Waals surface area (Å²) in [6.07, 6.45) is 3.70. The third-order valence-corrected chi connectivity index (χ3v) is 3.23. The van der Waals surface area contributed by atoms with Crippen LogP contribution in [0, 0.1) is 0 Å². The largest absolute Gasteiger partial charge is 0.336 e. The highest BCUT2D eigenvalue weighted by Gasteiger charge is 2.18. The van der Waals surface area contributed by atoms with Crippen molar-refractivity contribution in [2.75, 3.05) is 13.6 Å². The molecule has 0 aliphatic rings. The summed E-state index contributed by atoms with van der Waals surface area (Å²) in [6, 6.07) is 10.6. The molecule has 96 valence electrons. The first-order valence-corrected chi connectivity index (χ1v) is 6.13. The summed E-state index contributed by atoms with van der Waals surface area (Å²) in [5, 5.41) is 0. The minimum Gasteiger partial charge on any atom is -0.336 e. The summed E-state index contributed by atoms with van der Waals surface area (Å²) in [4.78, 5) is 6.42. The van der Waals surface area contributed by atoms with Crippen LogP contribution in [0.15, 0.2) is 42.9 Å². The van der Waals surface area contributed by atoms with Crippen LogP contribution in [0.1, 0.15) is 17.3 Å². The van der Waals surface area contributed by atoms with Crippen molar-refractivity contribution in [2.24, 2.45) is 12.8 Å². The number of hydrogen-bond acceptors (Lipinski definition) is 3. The average molecular weight is 244 g/mol. The maximum absolute atomic E-state index is 5.90. The molecule has 0 aliphatic carbocycles. The standard InChI is InChI=1S/C14H20N4/c1-17(10-12-6-4-3-5-7-12)13(8-15)14-9-16-11-18(14)2/h3-7,9,11,13H,8,10,15H2,1-2H3. The number of likely N-dealkylation sites (N-methyl/N-ethyl adjacent to an activating group) is 1. The van der Waals surface area contributed by atoms with E-state index >= 15 is 0 Å². The van der Waals surface area contributed by atoms with Gasteiger partial charge in [-0.05, 0) is 12.6 Å². The topological polar surface area (TPSA) is 47.1 Å². The Balaban J connectivity index is 2.11. The molecule has 1 atom stereocenters. The van der Waals surface area contributed by atoms with Crippen LogP contribution in [-0.4, -0.2) is 28.0 Å². The Hall–Kier alpha value is -1.65. The van der Waals surface area contributed by atoms with Gasteiger partial charge >= 0.3 is 0 Å².